The van der Waals surface area contributed by atoms with Crippen LogP contribution in [-0.2, 0) is 17.8 Å². The molecule has 0 aromatic heterocycles. The Morgan fingerprint density at radius 2 is 1.96 bits per heavy atom. The first-order valence-electron chi connectivity index (χ1n) is 6.96. The minimum atomic E-state index is -2.74. The number of nitro groups is 1. The van der Waals surface area contributed by atoms with Crippen molar-refractivity contribution in [1.29, 1.82) is 0 Å². The molecule has 0 aliphatic rings. The van der Waals surface area contributed by atoms with Crippen molar-refractivity contribution in [3.05, 3.63) is 63.2 Å². The molecule has 0 amide bonds. The lowest BCUT2D eigenvalue weighted by molar-refractivity contribution is -0.496. The molecular weight excluding hydrogens is 390 g/mol. The van der Waals surface area contributed by atoms with Gasteiger partial charge in [-0.05, 0) is 31.2 Å². The largest absolute Gasteiger partial charge is 0.755 e. The van der Waals surface area contributed by atoms with Crippen molar-refractivity contribution in [1.82, 2.24) is 0 Å². The molecule has 138 valence electrons. The first-order chi connectivity index (χ1) is 12.2. The number of hydrogen-bond acceptors (Lipinski definition) is 6. The summed E-state index contributed by atoms with van der Waals surface area (Å²) in [6, 6.07) is 5.22. The zero-order valence-electron chi connectivity index (χ0n) is 13.2. The molecule has 0 heterocycles. The molecule has 2 aromatic carbocycles. The summed E-state index contributed by atoms with van der Waals surface area (Å²) in [5, 5.41) is 10.8. The Kier molecular flexibility index (Phi) is 6.40. The van der Waals surface area contributed by atoms with E-state index in [-0.39, 0.29) is 26.6 Å². The highest BCUT2D eigenvalue weighted by Gasteiger charge is 2.18. The highest BCUT2D eigenvalue weighted by molar-refractivity contribution is 7.99. The van der Waals surface area contributed by atoms with E-state index in [1.165, 1.54) is 13.0 Å². The van der Waals surface area contributed by atoms with Crippen LogP contribution in [0, 0.1) is 21.7 Å². The highest BCUT2D eigenvalue weighted by atomic mass is 32.2. The number of nitrogens with one attached hydrogen (secondary N) is 1. The number of hydrogen-bond donors (Lipinski definition) is 1. The average Bonchev–Trinajstić information content (AvgIpc) is 2.50. The summed E-state index contributed by atoms with van der Waals surface area (Å²) >= 11 is -2.00. The molecule has 0 fully saturated rings. The molecule has 0 bridgehead atoms. The molecule has 0 spiro atoms. The van der Waals surface area contributed by atoms with E-state index in [1.54, 1.807) is 0 Å². The number of rotatable bonds is 7. The van der Waals surface area contributed by atoms with E-state index in [2.05, 4.69) is 4.72 Å². The zero-order valence-corrected chi connectivity index (χ0v) is 14.8. The van der Waals surface area contributed by atoms with Gasteiger partial charge in [-0.25, -0.2) is 8.78 Å². The number of benzene rings is 2. The lowest BCUT2D eigenvalue weighted by Gasteiger charge is -2.16. The monoisotopic (exact) mass is 401 g/mol. The van der Waals surface area contributed by atoms with Crippen molar-refractivity contribution in [2.45, 2.75) is 23.3 Å². The lowest BCUT2D eigenvalue weighted by Crippen LogP contribution is -2.10. The Hall–Kier alpha value is -2.37. The predicted octanol–water partition coefficient (Wildman–Crippen LogP) is 3.30. The summed E-state index contributed by atoms with van der Waals surface area (Å²) in [5.74, 6) is -2.16. The van der Waals surface area contributed by atoms with Gasteiger partial charge in [0.15, 0.2) is 5.78 Å². The maximum absolute atomic E-state index is 13.9. The van der Waals surface area contributed by atoms with Gasteiger partial charge in [-0.1, -0.05) is 11.8 Å². The molecule has 0 aliphatic carbocycles. The zero-order chi connectivity index (χ0) is 19.4. The topological polar surface area (TPSA) is 112 Å². The second-order valence-electron chi connectivity index (χ2n) is 5.07. The number of ketones is 1. The van der Waals surface area contributed by atoms with Gasteiger partial charge in [0.05, 0.1) is 5.69 Å². The molecule has 0 radical (unpaired) electrons. The summed E-state index contributed by atoms with van der Waals surface area (Å²) < 4.78 is 51.0. The Morgan fingerprint density at radius 3 is 2.50 bits per heavy atom. The third-order valence-electron chi connectivity index (χ3n) is 3.19. The fourth-order valence-electron chi connectivity index (χ4n) is 2.15. The van der Waals surface area contributed by atoms with Gasteiger partial charge in [0.1, 0.15) is 11.6 Å². The van der Waals surface area contributed by atoms with Gasteiger partial charge in [0.2, 0.25) is 6.54 Å². The van der Waals surface area contributed by atoms with Gasteiger partial charge in [-0.2, -0.15) is 0 Å². The van der Waals surface area contributed by atoms with Crippen LogP contribution in [0.25, 0.3) is 0 Å². The van der Waals surface area contributed by atoms with E-state index in [1.807, 2.05) is 0 Å². The molecule has 0 aliphatic heterocycles. The molecule has 2 rings (SSSR count). The number of carbonyl (C=O) groups is 1. The number of nitrogens with zero attached hydrogens (tertiary/aromatic N) is 1. The van der Waals surface area contributed by atoms with E-state index in [4.69, 9.17) is 0 Å². The maximum Gasteiger partial charge on any atom is 0.229 e. The van der Waals surface area contributed by atoms with E-state index >= 15 is 0 Å². The van der Waals surface area contributed by atoms with Crippen molar-refractivity contribution in [2.24, 2.45) is 0 Å². The second-order valence-corrected chi connectivity index (χ2v) is 6.82. The molecule has 1 N–H and O–H groups in total. The summed E-state index contributed by atoms with van der Waals surface area (Å²) in [5.41, 5.74) is -0.0299. The van der Waals surface area contributed by atoms with Gasteiger partial charge in [0, 0.05) is 43.2 Å². The average molecular weight is 401 g/mol. The molecule has 1 unspecified atom stereocenters. The molecular formula is C15H11F2N2O5S2-. The summed E-state index contributed by atoms with van der Waals surface area (Å²) in [6.45, 7) is 0.512. The molecule has 26 heavy (non-hydrogen) atoms. The van der Waals surface area contributed by atoms with Crippen molar-refractivity contribution in [3.8, 4) is 0 Å². The molecule has 2 aromatic rings. The van der Waals surface area contributed by atoms with Crippen LogP contribution in [-0.4, -0.2) is 19.5 Å². The number of anilines is 1. The minimum absolute atomic E-state index is 0.0197. The SMILES string of the molecule is CC(=O)c1cc(NS(=O)[O-])c(Sc2ccc(F)cc2F)cc1C[N+](=O)[O-]. The van der Waals surface area contributed by atoms with Crippen LogP contribution in [0.5, 0.6) is 0 Å². The Bertz CT molecular complexity index is 908. The van der Waals surface area contributed by atoms with Crippen molar-refractivity contribution >= 4 is 34.5 Å². The van der Waals surface area contributed by atoms with Crippen LogP contribution < -0.4 is 4.72 Å². The van der Waals surface area contributed by atoms with Gasteiger partial charge in [0.25, 0.3) is 0 Å². The third kappa shape index (κ3) is 5.07. The quantitative estimate of drug-likeness (QED) is 0.330. The summed E-state index contributed by atoms with van der Waals surface area (Å²) in [7, 11) is 0. The summed E-state index contributed by atoms with van der Waals surface area (Å²) in [4.78, 5) is 22.0. The van der Waals surface area contributed by atoms with Gasteiger partial charge in [-0.15, -0.1) is 0 Å². The second kappa shape index (κ2) is 8.34. The van der Waals surface area contributed by atoms with Gasteiger partial charge < -0.3 is 9.27 Å². The number of Topliss-reactive ketones (excluding diaryl/α,β-unsaturated/α-hetero) is 1. The predicted molar refractivity (Wildman–Crippen MR) is 90.2 cm³/mol. The molecule has 0 saturated heterocycles. The van der Waals surface area contributed by atoms with Crippen LogP contribution in [0.1, 0.15) is 22.8 Å². The van der Waals surface area contributed by atoms with Crippen molar-refractivity contribution < 1.29 is 27.3 Å². The summed E-state index contributed by atoms with van der Waals surface area (Å²) in [6.07, 6.45) is 0. The first-order valence-corrected chi connectivity index (χ1v) is 8.85. The van der Waals surface area contributed by atoms with Crippen LogP contribution in [0.15, 0.2) is 40.1 Å². The maximum atomic E-state index is 13.9. The highest BCUT2D eigenvalue weighted by Crippen LogP contribution is 2.37. The van der Waals surface area contributed by atoms with Crippen LogP contribution in [0.3, 0.4) is 0 Å². The van der Waals surface area contributed by atoms with Crippen molar-refractivity contribution in [3.63, 3.8) is 0 Å². The Labute approximate surface area is 153 Å². The fourth-order valence-corrected chi connectivity index (χ4v) is 3.51. The van der Waals surface area contributed by atoms with Gasteiger partial charge in [-0.3, -0.25) is 19.1 Å². The first kappa shape index (κ1) is 19.9. The van der Waals surface area contributed by atoms with Crippen LogP contribution in [0.2, 0.25) is 0 Å². The smallest absolute Gasteiger partial charge is 0.229 e. The molecule has 11 heteroatoms. The van der Waals surface area contributed by atoms with Gasteiger partial charge >= 0.3 is 0 Å². The van der Waals surface area contributed by atoms with E-state index in [0.717, 1.165) is 30.0 Å². The third-order valence-corrected chi connectivity index (χ3v) is 4.69. The van der Waals surface area contributed by atoms with E-state index in [0.29, 0.717) is 6.07 Å². The van der Waals surface area contributed by atoms with Crippen LogP contribution in [0.4, 0.5) is 14.5 Å². The van der Waals surface area contributed by atoms with Crippen molar-refractivity contribution in [2.75, 3.05) is 4.72 Å². The fraction of sp³-hybridized carbons (Fsp3) is 0.133. The lowest BCUT2D eigenvalue weighted by atomic mass is 10.0. The van der Waals surface area contributed by atoms with Crippen LogP contribution >= 0.6 is 11.8 Å². The molecule has 7 nitrogen and oxygen atoms in total. The van der Waals surface area contributed by atoms with E-state index < -0.39 is 40.2 Å². The molecule has 1 atom stereocenters. The number of carbonyl (C=O) groups excluding carboxylic acids is 1. The molecule has 0 saturated carbocycles. The Balaban J connectivity index is 2.57. The van der Waals surface area contributed by atoms with E-state index in [9.17, 15) is 32.5 Å². The minimum Gasteiger partial charge on any atom is -0.755 e. The standard InChI is InChI=1S/C15H12F2N2O5S2/c1-8(20)11-6-13(18-26(23)24)15(4-9(11)7-19(21)22)25-14-3-2-10(16)5-12(14)17/h2-6,18H,7H2,1H3,(H,23,24)/p-1. The number of halogens is 2. The normalized spacial score (nSPS) is 11.8. The Morgan fingerprint density at radius 1 is 1.27 bits per heavy atom.